The van der Waals surface area contributed by atoms with Gasteiger partial charge in [0.1, 0.15) is 0 Å². The van der Waals surface area contributed by atoms with Crippen molar-refractivity contribution in [2.75, 3.05) is 0 Å². The van der Waals surface area contributed by atoms with E-state index in [-0.39, 0.29) is 0 Å². The van der Waals surface area contributed by atoms with Crippen LogP contribution in [-0.4, -0.2) is 9.97 Å². The van der Waals surface area contributed by atoms with Crippen molar-refractivity contribution in [1.29, 1.82) is 0 Å². The van der Waals surface area contributed by atoms with E-state index in [9.17, 15) is 0 Å². The fourth-order valence-electron chi connectivity index (χ4n) is 2.11. The molecule has 3 heteroatoms. The van der Waals surface area contributed by atoms with Crippen LogP contribution in [0, 0.1) is 0 Å². The first-order chi connectivity index (χ1) is 9.86. The van der Waals surface area contributed by atoms with Gasteiger partial charge in [-0.1, -0.05) is 36.4 Å². The first kappa shape index (κ1) is 12.5. The summed E-state index contributed by atoms with van der Waals surface area (Å²) >= 11 is 0. The van der Waals surface area contributed by atoms with Crippen LogP contribution in [0.1, 0.15) is 5.56 Å². The molecule has 1 aromatic carbocycles. The number of aromatic nitrogens is 2. The molecule has 0 spiro atoms. The second-order valence-corrected chi connectivity index (χ2v) is 4.53. The highest BCUT2D eigenvalue weighted by atomic mass is 14.8. The summed E-state index contributed by atoms with van der Waals surface area (Å²) in [6, 6.07) is 19.9. The zero-order valence-corrected chi connectivity index (χ0v) is 11.0. The summed E-state index contributed by atoms with van der Waals surface area (Å²) in [4.78, 5) is 9.06. The number of hydrogen-bond donors (Lipinski definition) is 1. The van der Waals surface area contributed by atoms with Crippen molar-refractivity contribution < 1.29 is 0 Å². The van der Waals surface area contributed by atoms with Crippen molar-refractivity contribution in [3.63, 3.8) is 0 Å². The molecular weight excluding hydrogens is 246 g/mol. The van der Waals surface area contributed by atoms with Crippen LogP contribution in [0.3, 0.4) is 0 Å². The van der Waals surface area contributed by atoms with Gasteiger partial charge in [0.15, 0.2) is 0 Å². The number of hydrogen-bond acceptors (Lipinski definition) is 3. The average Bonchev–Trinajstić information content (AvgIpc) is 2.56. The zero-order chi connectivity index (χ0) is 13.8. The van der Waals surface area contributed by atoms with Crippen LogP contribution in [0.2, 0.25) is 0 Å². The fourth-order valence-corrected chi connectivity index (χ4v) is 2.11. The highest BCUT2D eigenvalue weighted by molar-refractivity contribution is 5.65. The molecule has 3 rings (SSSR count). The van der Waals surface area contributed by atoms with Crippen molar-refractivity contribution in [2.45, 2.75) is 6.54 Å². The lowest BCUT2D eigenvalue weighted by atomic mass is 10.1. The lowest BCUT2D eigenvalue weighted by molar-refractivity contribution is 1.06. The molecule has 3 nitrogen and oxygen atoms in total. The van der Waals surface area contributed by atoms with Gasteiger partial charge in [0, 0.05) is 18.3 Å². The molecule has 0 fully saturated rings. The van der Waals surface area contributed by atoms with Crippen molar-refractivity contribution in [1.82, 2.24) is 9.97 Å². The van der Waals surface area contributed by atoms with E-state index in [1.165, 1.54) is 0 Å². The van der Waals surface area contributed by atoms with Gasteiger partial charge in [-0.25, -0.2) is 4.98 Å². The average molecular weight is 261 g/mol. The molecule has 0 saturated carbocycles. The Labute approximate surface area is 118 Å². The van der Waals surface area contributed by atoms with Crippen LogP contribution in [0.4, 0.5) is 0 Å². The Balaban J connectivity index is 2.13. The van der Waals surface area contributed by atoms with Crippen molar-refractivity contribution in [3.8, 4) is 22.6 Å². The third kappa shape index (κ3) is 2.58. The van der Waals surface area contributed by atoms with Crippen molar-refractivity contribution >= 4 is 0 Å². The molecule has 20 heavy (non-hydrogen) atoms. The van der Waals surface area contributed by atoms with E-state index in [0.717, 1.165) is 28.2 Å². The Kier molecular flexibility index (Phi) is 3.52. The minimum atomic E-state index is 0.488. The van der Waals surface area contributed by atoms with Gasteiger partial charge in [-0.3, -0.25) is 4.98 Å². The summed E-state index contributed by atoms with van der Waals surface area (Å²) in [5, 5.41) is 0. The molecule has 0 atom stereocenters. The quantitative estimate of drug-likeness (QED) is 0.787. The fraction of sp³-hybridized carbons (Fsp3) is 0.0588. The Morgan fingerprint density at radius 2 is 1.55 bits per heavy atom. The summed E-state index contributed by atoms with van der Waals surface area (Å²) < 4.78 is 0. The van der Waals surface area contributed by atoms with Gasteiger partial charge in [0.05, 0.1) is 17.1 Å². The predicted octanol–water partition coefficient (Wildman–Crippen LogP) is 3.27. The highest BCUT2D eigenvalue weighted by Gasteiger charge is 2.06. The summed E-state index contributed by atoms with van der Waals surface area (Å²) in [6.07, 6.45) is 1.77. The Hall–Kier alpha value is -2.52. The van der Waals surface area contributed by atoms with Gasteiger partial charge >= 0.3 is 0 Å². The zero-order valence-electron chi connectivity index (χ0n) is 11.0. The number of rotatable bonds is 3. The third-order valence-electron chi connectivity index (χ3n) is 3.12. The molecule has 3 aromatic rings. The van der Waals surface area contributed by atoms with Gasteiger partial charge in [0.2, 0.25) is 0 Å². The maximum absolute atomic E-state index is 5.80. The van der Waals surface area contributed by atoms with Crippen molar-refractivity contribution in [2.24, 2.45) is 5.73 Å². The molecule has 0 amide bonds. The molecule has 2 aromatic heterocycles. The van der Waals surface area contributed by atoms with Crippen molar-refractivity contribution in [3.05, 3.63) is 72.4 Å². The van der Waals surface area contributed by atoms with E-state index in [4.69, 9.17) is 10.7 Å². The smallest absolute Gasteiger partial charge is 0.0896 e. The predicted molar refractivity (Wildman–Crippen MR) is 80.8 cm³/mol. The summed E-state index contributed by atoms with van der Waals surface area (Å²) in [5.41, 5.74) is 10.6. The summed E-state index contributed by atoms with van der Waals surface area (Å²) in [7, 11) is 0. The molecule has 0 bridgehead atoms. The third-order valence-corrected chi connectivity index (χ3v) is 3.12. The molecule has 0 radical (unpaired) electrons. The van der Waals surface area contributed by atoms with E-state index in [0.29, 0.717) is 6.54 Å². The number of pyridine rings is 2. The highest BCUT2D eigenvalue weighted by Crippen LogP contribution is 2.23. The second-order valence-electron chi connectivity index (χ2n) is 4.53. The minimum Gasteiger partial charge on any atom is -0.326 e. The lowest BCUT2D eigenvalue weighted by Gasteiger charge is -2.08. The second kappa shape index (κ2) is 5.63. The van der Waals surface area contributed by atoms with Crippen LogP contribution in [0.5, 0.6) is 0 Å². The molecular formula is C17H15N3. The van der Waals surface area contributed by atoms with Crippen LogP contribution in [-0.2, 0) is 6.54 Å². The summed E-state index contributed by atoms with van der Waals surface area (Å²) in [5.74, 6) is 0. The Morgan fingerprint density at radius 1 is 0.800 bits per heavy atom. The van der Waals surface area contributed by atoms with Gasteiger partial charge in [-0.15, -0.1) is 0 Å². The number of nitrogens with zero attached hydrogens (tertiary/aromatic N) is 2. The summed E-state index contributed by atoms with van der Waals surface area (Å²) in [6.45, 7) is 0.488. The number of nitrogens with two attached hydrogens (primary N) is 1. The topological polar surface area (TPSA) is 51.8 Å². The largest absolute Gasteiger partial charge is 0.326 e. The maximum atomic E-state index is 5.80. The van der Waals surface area contributed by atoms with Gasteiger partial charge in [0.25, 0.3) is 0 Å². The van der Waals surface area contributed by atoms with Crippen LogP contribution < -0.4 is 5.73 Å². The molecule has 0 aliphatic heterocycles. The van der Waals surface area contributed by atoms with Gasteiger partial charge < -0.3 is 5.73 Å². The molecule has 2 heterocycles. The molecule has 0 aliphatic carbocycles. The van der Waals surface area contributed by atoms with E-state index in [1.807, 2.05) is 60.7 Å². The van der Waals surface area contributed by atoms with Gasteiger partial charge in [-0.05, 0) is 29.8 Å². The molecule has 98 valence electrons. The van der Waals surface area contributed by atoms with Gasteiger partial charge in [-0.2, -0.15) is 0 Å². The normalized spacial score (nSPS) is 10.4. The Morgan fingerprint density at radius 3 is 2.25 bits per heavy atom. The van der Waals surface area contributed by atoms with Crippen LogP contribution in [0.15, 0.2) is 66.9 Å². The number of benzene rings is 1. The lowest BCUT2D eigenvalue weighted by Crippen LogP contribution is -1.99. The molecule has 0 unspecified atom stereocenters. The van der Waals surface area contributed by atoms with E-state index >= 15 is 0 Å². The molecule has 0 aliphatic rings. The SMILES string of the molecule is NCc1cc(-c2ccccc2)nc(-c2ccccn2)c1. The first-order valence-corrected chi connectivity index (χ1v) is 6.54. The minimum absolute atomic E-state index is 0.488. The first-order valence-electron chi connectivity index (χ1n) is 6.54. The van der Waals surface area contributed by atoms with Crippen LogP contribution in [0.25, 0.3) is 22.6 Å². The van der Waals surface area contributed by atoms with E-state index in [2.05, 4.69) is 4.98 Å². The van der Waals surface area contributed by atoms with Crippen LogP contribution >= 0.6 is 0 Å². The van der Waals surface area contributed by atoms with E-state index < -0.39 is 0 Å². The molecule has 2 N–H and O–H groups in total. The van der Waals surface area contributed by atoms with E-state index in [1.54, 1.807) is 6.20 Å². The monoisotopic (exact) mass is 261 g/mol. The maximum Gasteiger partial charge on any atom is 0.0896 e. The standard InChI is InChI=1S/C17H15N3/c18-12-13-10-16(14-6-2-1-3-7-14)20-17(11-13)15-8-4-5-9-19-15/h1-11H,12,18H2. The molecule has 0 saturated heterocycles. The Bertz CT molecular complexity index is 636.